The molecule has 1 N–H and O–H groups in total. The number of carbonyl (C=O) groups excluding carboxylic acids is 1. The molecule has 1 saturated heterocycles. The lowest BCUT2D eigenvalue weighted by Crippen LogP contribution is -2.37. The lowest BCUT2D eigenvalue weighted by molar-refractivity contribution is -0.142. The molecule has 2 unspecified atom stereocenters. The second-order valence-electron chi connectivity index (χ2n) is 4.08. The summed E-state index contributed by atoms with van der Waals surface area (Å²) in [6, 6.07) is 2.92. The minimum atomic E-state index is -0.853. The number of furan rings is 1. The van der Waals surface area contributed by atoms with E-state index in [9.17, 15) is 9.59 Å². The lowest BCUT2D eigenvalue weighted by atomic mass is 10.0. The number of likely N-dealkylation sites (tertiary alicyclic amines) is 1. The van der Waals surface area contributed by atoms with Crippen molar-refractivity contribution in [2.24, 2.45) is 5.92 Å². The van der Waals surface area contributed by atoms with Crippen LogP contribution in [0.4, 0.5) is 0 Å². The maximum absolute atomic E-state index is 12.1. The van der Waals surface area contributed by atoms with Crippen LogP contribution < -0.4 is 0 Å². The molecule has 1 fully saturated rings. The molecule has 6 heteroatoms. The number of aliphatic carboxylic acids is 1. The average molecular weight is 302 g/mol. The summed E-state index contributed by atoms with van der Waals surface area (Å²) >= 11 is 3.13. The van der Waals surface area contributed by atoms with Crippen molar-refractivity contribution in [1.82, 2.24) is 4.90 Å². The fourth-order valence-corrected chi connectivity index (χ4v) is 2.43. The smallest absolute Gasteiger partial charge is 0.308 e. The zero-order chi connectivity index (χ0) is 12.6. The summed E-state index contributed by atoms with van der Waals surface area (Å²) in [5.74, 6) is -1.37. The molecule has 1 aliphatic heterocycles. The van der Waals surface area contributed by atoms with Gasteiger partial charge in [-0.1, -0.05) is 0 Å². The minimum Gasteiger partial charge on any atom is -0.481 e. The first kappa shape index (κ1) is 12.2. The van der Waals surface area contributed by atoms with Crippen molar-refractivity contribution >= 4 is 27.8 Å². The first-order valence-corrected chi connectivity index (χ1v) is 6.09. The molecule has 1 aliphatic rings. The van der Waals surface area contributed by atoms with Crippen molar-refractivity contribution in [3.8, 4) is 0 Å². The fraction of sp³-hybridized carbons (Fsp3) is 0.455. The maximum Gasteiger partial charge on any atom is 0.308 e. The maximum atomic E-state index is 12.1. The van der Waals surface area contributed by atoms with Crippen LogP contribution in [0.3, 0.4) is 0 Å². The molecule has 92 valence electrons. The Labute approximate surface area is 107 Å². The average Bonchev–Trinajstić information content (AvgIpc) is 2.83. The van der Waals surface area contributed by atoms with Gasteiger partial charge in [0.15, 0.2) is 10.4 Å². The van der Waals surface area contributed by atoms with Crippen molar-refractivity contribution in [2.45, 2.75) is 19.4 Å². The molecule has 2 atom stereocenters. The van der Waals surface area contributed by atoms with Crippen LogP contribution in [0, 0.1) is 5.92 Å². The molecular formula is C11H12BrNO4. The molecule has 0 aliphatic carbocycles. The first-order valence-electron chi connectivity index (χ1n) is 5.30. The van der Waals surface area contributed by atoms with Gasteiger partial charge < -0.3 is 14.4 Å². The molecule has 0 saturated carbocycles. The van der Waals surface area contributed by atoms with Crippen LogP contribution in [0.5, 0.6) is 0 Å². The monoisotopic (exact) mass is 301 g/mol. The highest BCUT2D eigenvalue weighted by Gasteiger charge is 2.39. The normalized spacial score (nSPS) is 24.0. The van der Waals surface area contributed by atoms with E-state index < -0.39 is 11.9 Å². The quantitative estimate of drug-likeness (QED) is 0.907. The molecule has 0 bridgehead atoms. The number of rotatable bonds is 2. The summed E-state index contributed by atoms with van der Waals surface area (Å²) in [4.78, 5) is 24.6. The number of carbonyl (C=O) groups is 2. The van der Waals surface area contributed by atoms with E-state index in [1.165, 1.54) is 0 Å². The van der Waals surface area contributed by atoms with Crippen LogP contribution in [-0.2, 0) is 4.79 Å². The zero-order valence-electron chi connectivity index (χ0n) is 9.22. The summed E-state index contributed by atoms with van der Waals surface area (Å²) in [5.41, 5.74) is 0. The molecule has 0 spiro atoms. The Morgan fingerprint density at radius 2 is 2.24 bits per heavy atom. The minimum absolute atomic E-state index is 0.231. The Balaban J connectivity index is 2.14. The summed E-state index contributed by atoms with van der Waals surface area (Å²) in [6.07, 6.45) is 0.490. The molecule has 0 aromatic carbocycles. The molecule has 1 aromatic rings. The third kappa shape index (κ3) is 2.22. The molecule has 1 aromatic heterocycles. The molecule has 2 heterocycles. The van der Waals surface area contributed by atoms with Crippen LogP contribution >= 0.6 is 15.9 Å². The Hall–Kier alpha value is -1.30. The largest absolute Gasteiger partial charge is 0.481 e. The zero-order valence-corrected chi connectivity index (χ0v) is 10.8. The number of carboxylic acids is 1. The second kappa shape index (κ2) is 4.52. The molecule has 1 amide bonds. The molecule has 17 heavy (non-hydrogen) atoms. The van der Waals surface area contributed by atoms with E-state index in [1.54, 1.807) is 24.0 Å². The number of carboxylic acid groups (broad SMARTS) is 1. The van der Waals surface area contributed by atoms with Crippen LogP contribution in [-0.4, -0.2) is 34.5 Å². The van der Waals surface area contributed by atoms with Gasteiger partial charge in [-0.15, -0.1) is 0 Å². The Bertz CT molecular complexity index is 456. The molecule has 2 rings (SSSR count). The van der Waals surface area contributed by atoms with Gasteiger partial charge in [0.05, 0.1) is 5.92 Å². The summed E-state index contributed by atoms with van der Waals surface area (Å²) < 4.78 is 5.67. The van der Waals surface area contributed by atoms with Crippen molar-refractivity contribution in [3.05, 3.63) is 22.6 Å². The number of hydrogen-bond acceptors (Lipinski definition) is 3. The second-order valence-corrected chi connectivity index (χ2v) is 4.86. The van der Waals surface area contributed by atoms with Crippen molar-refractivity contribution in [2.75, 3.05) is 6.54 Å². The number of amides is 1. The van der Waals surface area contributed by atoms with E-state index >= 15 is 0 Å². The van der Waals surface area contributed by atoms with Crippen LogP contribution in [0.1, 0.15) is 23.9 Å². The van der Waals surface area contributed by atoms with Gasteiger partial charge in [0, 0.05) is 12.6 Å². The Kier molecular flexibility index (Phi) is 3.24. The molecule has 0 radical (unpaired) electrons. The fourth-order valence-electron chi connectivity index (χ4n) is 2.13. The first-order chi connectivity index (χ1) is 8.00. The van der Waals surface area contributed by atoms with Crippen molar-refractivity contribution in [3.63, 3.8) is 0 Å². The predicted octanol–water partition coefficient (Wildman–Crippen LogP) is 1.98. The van der Waals surface area contributed by atoms with Gasteiger partial charge in [0.1, 0.15) is 0 Å². The van der Waals surface area contributed by atoms with Gasteiger partial charge in [-0.25, -0.2) is 0 Å². The van der Waals surface area contributed by atoms with Gasteiger partial charge in [0.2, 0.25) is 0 Å². The number of nitrogens with zero attached hydrogens (tertiary/aromatic N) is 1. The Morgan fingerprint density at radius 1 is 1.53 bits per heavy atom. The van der Waals surface area contributed by atoms with Gasteiger partial charge in [-0.2, -0.15) is 0 Å². The van der Waals surface area contributed by atoms with Crippen LogP contribution in [0.2, 0.25) is 0 Å². The standard InChI is InChI=1S/C11H12BrNO4/c1-6-7(11(15)16)4-5-13(6)10(14)8-2-3-9(12)17-8/h2-3,6-7H,4-5H2,1H3,(H,15,16). The number of halogens is 1. The van der Waals surface area contributed by atoms with E-state index in [4.69, 9.17) is 9.52 Å². The SMILES string of the molecule is CC1C(C(=O)O)CCN1C(=O)c1ccc(Br)o1. The van der Waals surface area contributed by atoms with Crippen molar-refractivity contribution in [1.29, 1.82) is 0 Å². The van der Waals surface area contributed by atoms with Gasteiger partial charge in [-0.3, -0.25) is 9.59 Å². The van der Waals surface area contributed by atoms with Crippen molar-refractivity contribution < 1.29 is 19.1 Å². The highest BCUT2D eigenvalue weighted by Crippen LogP contribution is 2.27. The lowest BCUT2D eigenvalue weighted by Gasteiger charge is -2.22. The topological polar surface area (TPSA) is 70.8 Å². The van der Waals surface area contributed by atoms with E-state index in [-0.39, 0.29) is 17.7 Å². The third-order valence-corrected chi connectivity index (χ3v) is 3.54. The van der Waals surface area contributed by atoms with Crippen LogP contribution in [0.25, 0.3) is 0 Å². The summed E-state index contributed by atoms with van der Waals surface area (Å²) in [5, 5.41) is 8.99. The Morgan fingerprint density at radius 3 is 2.71 bits per heavy atom. The van der Waals surface area contributed by atoms with E-state index in [2.05, 4.69) is 15.9 Å². The highest BCUT2D eigenvalue weighted by molar-refractivity contribution is 9.10. The third-order valence-electron chi connectivity index (χ3n) is 3.12. The highest BCUT2D eigenvalue weighted by atomic mass is 79.9. The summed E-state index contributed by atoms with van der Waals surface area (Å²) in [7, 11) is 0. The molecular weight excluding hydrogens is 290 g/mol. The predicted molar refractivity (Wildman–Crippen MR) is 62.6 cm³/mol. The number of hydrogen-bond donors (Lipinski definition) is 1. The van der Waals surface area contributed by atoms with E-state index in [0.29, 0.717) is 17.6 Å². The van der Waals surface area contributed by atoms with Gasteiger partial charge >= 0.3 is 5.97 Å². The van der Waals surface area contributed by atoms with Gasteiger partial charge in [-0.05, 0) is 41.4 Å². The molecule has 5 nitrogen and oxygen atoms in total. The van der Waals surface area contributed by atoms with Gasteiger partial charge in [0.25, 0.3) is 5.91 Å². The van der Waals surface area contributed by atoms with Crippen LogP contribution in [0.15, 0.2) is 21.2 Å². The van der Waals surface area contributed by atoms with E-state index in [1.807, 2.05) is 0 Å². The van der Waals surface area contributed by atoms with E-state index in [0.717, 1.165) is 0 Å². The summed E-state index contributed by atoms with van der Waals surface area (Å²) in [6.45, 7) is 2.21.